The molecule has 0 saturated carbocycles. The highest BCUT2D eigenvalue weighted by Crippen LogP contribution is 2.09. The van der Waals surface area contributed by atoms with E-state index in [2.05, 4.69) is 15.6 Å². The Morgan fingerprint density at radius 3 is 2.80 bits per heavy atom. The largest absolute Gasteiger partial charge is 0.480 e. The fourth-order valence-electron chi connectivity index (χ4n) is 0.762. The van der Waals surface area contributed by atoms with E-state index in [0.29, 0.717) is 5.13 Å². The molecule has 0 aromatic carbocycles. The minimum atomic E-state index is -1.31. The number of hydrogen-bond donors (Lipinski definition) is 4. The van der Waals surface area contributed by atoms with Crippen molar-refractivity contribution in [3.63, 3.8) is 0 Å². The van der Waals surface area contributed by atoms with Crippen LogP contribution in [0, 0.1) is 0 Å². The van der Waals surface area contributed by atoms with Crippen LogP contribution in [0.3, 0.4) is 0 Å². The first kappa shape index (κ1) is 11.4. The molecule has 1 aromatic heterocycles. The Balaban J connectivity index is 2.45. The number of carboxylic acid groups (broad SMARTS) is 1. The van der Waals surface area contributed by atoms with Gasteiger partial charge in [-0.1, -0.05) is 0 Å². The Morgan fingerprint density at radius 1 is 1.60 bits per heavy atom. The highest BCUT2D eigenvalue weighted by Gasteiger charge is 2.18. The Kier molecular flexibility index (Phi) is 4.01. The third-order valence-electron chi connectivity index (χ3n) is 1.44. The van der Waals surface area contributed by atoms with Gasteiger partial charge in [0.05, 0.1) is 6.61 Å². The van der Waals surface area contributed by atoms with Crippen LogP contribution in [0.15, 0.2) is 11.6 Å². The molecule has 1 rings (SSSR count). The van der Waals surface area contributed by atoms with E-state index in [0.717, 1.165) is 0 Å². The Hall–Kier alpha value is -1.67. The molecule has 82 valence electrons. The van der Waals surface area contributed by atoms with Crippen molar-refractivity contribution in [3.8, 4) is 0 Å². The first-order valence-corrected chi connectivity index (χ1v) is 4.82. The summed E-state index contributed by atoms with van der Waals surface area (Å²) in [5, 5.41) is 23.6. The topological polar surface area (TPSA) is 112 Å². The summed E-state index contributed by atoms with van der Waals surface area (Å²) in [5.74, 6) is -1.30. The van der Waals surface area contributed by atoms with E-state index in [1.165, 1.54) is 17.5 Å². The lowest BCUT2D eigenvalue weighted by molar-refractivity contribution is -0.140. The van der Waals surface area contributed by atoms with Gasteiger partial charge >= 0.3 is 12.0 Å². The first-order valence-electron chi connectivity index (χ1n) is 3.94. The molecule has 1 aromatic rings. The summed E-state index contributed by atoms with van der Waals surface area (Å²) >= 11 is 1.20. The highest BCUT2D eigenvalue weighted by molar-refractivity contribution is 7.13. The lowest BCUT2D eigenvalue weighted by Crippen LogP contribution is -2.45. The number of urea groups is 1. The summed E-state index contributed by atoms with van der Waals surface area (Å²) in [5.41, 5.74) is 0. The second-order valence-electron chi connectivity index (χ2n) is 2.51. The van der Waals surface area contributed by atoms with Gasteiger partial charge in [0.2, 0.25) is 0 Å². The van der Waals surface area contributed by atoms with E-state index in [1.807, 2.05) is 0 Å². The molecule has 1 atom stereocenters. The fraction of sp³-hybridized carbons (Fsp3) is 0.286. The average Bonchev–Trinajstić information content (AvgIpc) is 2.66. The number of aromatic nitrogens is 1. The number of nitrogens with one attached hydrogen (secondary N) is 2. The van der Waals surface area contributed by atoms with Crippen LogP contribution in [-0.2, 0) is 4.79 Å². The SMILES string of the molecule is O=C(Nc1nccs1)N[C@H](CO)C(=O)O. The van der Waals surface area contributed by atoms with Crippen molar-refractivity contribution in [1.29, 1.82) is 0 Å². The molecule has 0 aliphatic heterocycles. The standard InChI is InChI=1S/C7H9N3O4S/c11-3-4(5(12)13)9-6(14)10-7-8-1-2-15-7/h1-2,4,11H,3H2,(H,12,13)(H2,8,9,10,14)/t4-/m1/s1. The van der Waals surface area contributed by atoms with Gasteiger partial charge in [0.15, 0.2) is 11.2 Å². The number of nitrogens with zero attached hydrogens (tertiary/aromatic N) is 1. The molecule has 0 bridgehead atoms. The van der Waals surface area contributed by atoms with Crippen LogP contribution < -0.4 is 10.6 Å². The van der Waals surface area contributed by atoms with Gasteiger partial charge in [0, 0.05) is 11.6 Å². The number of aliphatic hydroxyl groups is 1. The molecule has 0 unspecified atom stereocenters. The zero-order valence-corrected chi connectivity index (χ0v) is 8.32. The van der Waals surface area contributed by atoms with E-state index in [9.17, 15) is 9.59 Å². The Labute approximate surface area is 88.8 Å². The second-order valence-corrected chi connectivity index (χ2v) is 3.40. The maximum absolute atomic E-state index is 11.2. The van der Waals surface area contributed by atoms with Crippen molar-refractivity contribution in [3.05, 3.63) is 11.6 Å². The minimum Gasteiger partial charge on any atom is -0.480 e. The van der Waals surface area contributed by atoms with Crippen molar-refractivity contribution in [2.75, 3.05) is 11.9 Å². The molecule has 2 amide bonds. The monoisotopic (exact) mass is 231 g/mol. The molecule has 0 aliphatic rings. The summed E-state index contributed by atoms with van der Waals surface area (Å²) in [4.78, 5) is 25.4. The molecule has 0 saturated heterocycles. The van der Waals surface area contributed by atoms with Crippen molar-refractivity contribution in [1.82, 2.24) is 10.3 Å². The zero-order valence-electron chi connectivity index (χ0n) is 7.51. The number of carbonyl (C=O) groups excluding carboxylic acids is 1. The molecule has 1 heterocycles. The van der Waals surface area contributed by atoms with Gasteiger partial charge in [-0.2, -0.15) is 0 Å². The summed E-state index contributed by atoms with van der Waals surface area (Å²) < 4.78 is 0. The summed E-state index contributed by atoms with van der Waals surface area (Å²) in [6, 6.07) is -2.03. The molecule has 7 nitrogen and oxygen atoms in total. The molecular formula is C7H9N3O4S. The van der Waals surface area contributed by atoms with Crippen molar-refractivity contribution in [2.24, 2.45) is 0 Å². The molecular weight excluding hydrogens is 222 g/mol. The molecule has 4 N–H and O–H groups in total. The predicted molar refractivity (Wildman–Crippen MR) is 52.8 cm³/mol. The lowest BCUT2D eigenvalue weighted by Gasteiger charge is -2.11. The Bertz CT molecular complexity index is 340. The van der Waals surface area contributed by atoms with Crippen LogP contribution in [0.25, 0.3) is 0 Å². The van der Waals surface area contributed by atoms with Gasteiger partial charge in [-0.05, 0) is 0 Å². The number of anilines is 1. The van der Waals surface area contributed by atoms with Crippen molar-refractivity contribution in [2.45, 2.75) is 6.04 Å². The van der Waals surface area contributed by atoms with Crippen LogP contribution in [-0.4, -0.2) is 39.8 Å². The number of aliphatic hydroxyl groups excluding tert-OH is 1. The zero-order chi connectivity index (χ0) is 11.3. The number of carbonyl (C=O) groups is 2. The third-order valence-corrected chi connectivity index (χ3v) is 2.13. The quantitative estimate of drug-likeness (QED) is 0.569. The molecule has 15 heavy (non-hydrogen) atoms. The number of carboxylic acids is 1. The molecule has 8 heteroatoms. The summed E-state index contributed by atoms with van der Waals surface area (Å²) in [6.07, 6.45) is 1.50. The number of thiazole rings is 1. The van der Waals surface area contributed by atoms with E-state index in [-0.39, 0.29) is 0 Å². The van der Waals surface area contributed by atoms with Gasteiger partial charge in [-0.3, -0.25) is 5.32 Å². The van der Waals surface area contributed by atoms with Crippen LogP contribution in [0.4, 0.5) is 9.93 Å². The molecule has 0 spiro atoms. The van der Waals surface area contributed by atoms with E-state index in [1.54, 1.807) is 5.38 Å². The van der Waals surface area contributed by atoms with Crippen molar-refractivity contribution < 1.29 is 19.8 Å². The Morgan fingerprint density at radius 2 is 2.33 bits per heavy atom. The molecule has 0 aliphatic carbocycles. The molecule has 0 radical (unpaired) electrons. The fourth-order valence-corrected chi connectivity index (χ4v) is 1.29. The van der Waals surface area contributed by atoms with Crippen LogP contribution in [0.5, 0.6) is 0 Å². The van der Waals surface area contributed by atoms with E-state index < -0.39 is 24.6 Å². The van der Waals surface area contributed by atoms with Gasteiger partial charge in [-0.25, -0.2) is 14.6 Å². The second kappa shape index (κ2) is 5.27. The minimum absolute atomic E-state index is 0.356. The molecule has 0 fully saturated rings. The number of amides is 2. The number of aliphatic carboxylic acids is 1. The number of hydrogen-bond acceptors (Lipinski definition) is 5. The van der Waals surface area contributed by atoms with Crippen LogP contribution >= 0.6 is 11.3 Å². The van der Waals surface area contributed by atoms with Crippen LogP contribution in [0.1, 0.15) is 0 Å². The van der Waals surface area contributed by atoms with Crippen molar-refractivity contribution >= 4 is 28.5 Å². The summed E-state index contributed by atoms with van der Waals surface area (Å²) in [6.45, 7) is -0.666. The van der Waals surface area contributed by atoms with Gasteiger partial charge < -0.3 is 15.5 Å². The highest BCUT2D eigenvalue weighted by atomic mass is 32.1. The van der Waals surface area contributed by atoms with Gasteiger partial charge in [-0.15, -0.1) is 11.3 Å². The maximum atomic E-state index is 11.2. The predicted octanol–water partition coefficient (Wildman–Crippen LogP) is -0.290. The number of rotatable bonds is 4. The van der Waals surface area contributed by atoms with Gasteiger partial charge in [0.25, 0.3) is 0 Å². The van der Waals surface area contributed by atoms with Crippen LogP contribution in [0.2, 0.25) is 0 Å². The maximum Gasteiger partial charge on any atom is 0.328 e. The average molecular weight is 231 g/mol. The summed E-state index contributed by atoms with van der Waals surface area (Å²) in [7, 11) is 0. The lowest BCUT2D eigenvalue weighted by atomic mass is 10.3. The third kappa shape index (κ3) is 3.52. The first-order chi connectivity index (χ1) is 7.13. The van der Waals surface area contributed by atoms with E-state index in [4.69, 9.17) is 10.2 Å². The van der Waals surface area contributed by atoms with Gasteiger partial charge in [0.1, 0.15) is 0 Å². The normalized spacial score (nSPS) is 11.8. The smallest absolute Gasteiger partial charge is 0.328 e. The van der Waals surface area contributed by atoms with E-state index >= 15 is 0 Å².